The van der Waals surface area contributed by atoms with Gasteiger partial charge in [-0.05, 0) is 99.4 Å². The quantitative estimate of drug-likeness (QED) is 0.519. The summed E-state index contributed by atoms with van der Waals surface area (Å²) in [5, 5.41) is 6.14. The zero-order valence-corrected chi connectivity index (χ0v) is 20.1. The number of ketones is 1. The Morgan fingerprint density at radius 3 is 2.44 bits per heavy atom. The smallest absolute Gasteiger partial charge is 0.319 e. The Kier molecular flexibility index (Phi) is 8.33. The van der Waals surface area contributed by atoms with Crippen molar-refractivity contribution < 1.29 is 14.0 Å². The second-order valence-corrected chi connectivity index (χ2v) is 9.98. The number of amides is 2. The molecule has 2 amide bonds. The van der Waals surface area contributed by atoms with Crippen LogP contribution in [0.15, 0.2) is 48.5 Å². The van der Waals surface area contributed by atoms with E-state index in [0.29, 0.717) is 23.1 Å². The molecule has 4 rings (SSSR count). The fourth-order valence-electron chi connectivity index (χ4n) is 5.51. The first-order valence-corrected chi connectivity index (χ1v) is 12.6. The molecule has 2 aromatic rings. The van der Waals surface area contributed by atoms with Gasteiger partial charge in [0, 0.05) is 30.4 Å². The van der Waals surface area contributed by atoms with Gasteiger partial charge in [0.15, 0.2) is 5.78 Å². The van der Waals surface area contributed by atoms with Gasteiger partial charge in [-0.25, -0.2) is 9.18 Å². The molecular formula is C28H36FN3O2. The van der Waals surface area contributed by atoms with Crippen molar-refractivity contribution in [1.29, 1.82) is 0 Å². The predicted octanol–water partition coefficient (Wildman–Crippen LogP) is 5.66. The lowest BCUT2D eigenvalue weighted by molar-refractivity contribution is 0.101. The number of benzene rings is 2. The van der Waals surface area contributed by atoms with E-state index in [4.69, 9.17) is 0 Å². The first-order valence-electron chi connectivity index (χ1n) is 12.6. The highest BCUT2D eigenvalue weighted by atomic mass is 19.1. The molecule has 1 aliphatic heterocycles. The first-order chi connectivity index (χ1) is 16.5. The molecule has 2 N–H and O–H groups in total. The van der Waals surface area contributed by atoms with Gasteiger partial charge in [0.1, 0.15) is 5.82 Å². The van der Waals surface area contributed by atoms with E-state index >= 15 is 0 Å². The van der Waals surface area contributed by atoms with E-state index in [9.17, 15) is 14.0 Å². The Hall–Kier alpha value is -2.73. The number of piperidine rings is 1. The molecule has 0 spiro atoms. The highest BCUT2D eigenvalue weighted by molar-refractivity contribution is 5.95. The summed E-state index contributed by atoms with van der Waals surface area (Å²) in [5.74, 6) is 0.875. The number of hydrogen-bond acceptors (Lipinski definition) is 3. The summed E-state index contributed by atoms with van der Waals surface area (Å²) in [5.41, 5.74) is 2.53. The van der Waals surface area contributed by atoms with Crippen LogP contribution in [0.2, 0.25) is 0 Å². The Balaban J connectivity index is 1.29. The third kappa shape index (κ3) is 6.89. The van der Waals surface area contributed by atoms with E-state index in [-0.39, 0.29) is 23.7 Å². The number of Topliss-reactive ketones (excluding diaryl/α,β-unsaturated/α-hetero) is 1. The molecule has 1 saturated carbocycles. The number of nitrogens with one attached hydrogen (secondary N) is 2. The Bertz CT molecular complexity index is 961. The maximum Gasteiger partial charge on any atom is 0.319 e. The molecule has 1 aliphatic carbocycles. The molecule has 1 heterocycles. The lowest BCUT2D eigenvalue weighted by atomic mass is 9.83. The van der Waals surface area contributed by atoms with Crippen LogP contribution in [0.25, 0.3) is 0 Å². The minimum atomic E-state index is -0.180. The summed E-state index contributed by atoms with van der Waals surface area (Å²) in [6.07, 6.45) is 7.89. The molecule has 2 aromatic carbocycles. The minimum absolute atomic E-state index is 0.0127. The van der Waals surface area contributed by atoms with Crippen LogP contribution in [0.4, 0.5) is 14.9 Å². The van der Waals surface area contributed by atoms with Crippen LogP contribution in [0.5, 0.6) is 0 Å². The maximum absolute atomic E-state index is 13.2. The lowest BCUT2D eigenvalue weighted by Gasteiger charge is -2.39. The molecule has 0 bridgehead atoms. The van der Waals surface area contributed by atoms with Crippen LogP contribution in [0, 0.1) is 17.7 Å². The van der Waals surface area contributed by atoms with Crippen molar-refractivity contribution in [2.45, 2.75) is 57.9 Å². The number of carbonyl (C=O) groups excluding carboxylic acids is 2. The van der Waals surface area contributed by atoms with Gasteiger partial charge >= 0.3 is 6.03 Å². The number of anilines is 1. The van der Waals surface area contributed by atoms with Crippen molar-refractivity contribution in [2.75, 3.05) is 25.0 Å². The van der Waals surface area contributed by atoms with Gasteiger partial charge in [-0.3, -0.25) is 4.79 Å². The molecule has 1 saturated heterocycles. The number of likely N-dealkylation sites (tertiary alicyclic amines) is 1. The van der Waals surface area contributed by atoms with Crippen molar-refractivity contribution in [3.63, 3.8) is 0 Å². The largest absolute Gasteiger partial charge is 0.335 e. The normalized spacial score (nSPS) is 23.3. The number of nitrogens with zero attached hydrogens (tertiary/aromatic N) is 1. The van der Waals surface area contributed by atoms with Crippen molar-refractivity contribution >= 4 is 17.5 Å². The van der Waals surface area contributed by atoms with Gasteiger partial charge in [-0.1, -0.05) is 25.0 Å². The van der Waals surface area contributed by atoms with E-state index in [1.165, 1.54) is 31.7 Å². The lowest BCUT2D eigenvalue weighted by Crippen LogP contribution is -2.49. The Morgan fingerprint density at radius 1 is 0.971 bits per heavy atom. The monoisotopic (exact) mass is 465 g/mol. The topological polar surface area (TPSA) is 61.4 Å². The molecular weight excluding hydrogens is 429 g/mol. The third-order valence-electron chi connectivity index (χ3n) is 7.31. The second-order valence-electron chi connectivity index (χ2n) is 9.98. The molecule has 2 aliphatic rings. The zero-order valence-electron chi connectivity index (χ0n) is 20.1. The standard InChI is InChI=1S/C28H36FN3O2/c1-20(33)23-10-14-26(15-11-23)30-28(34)31-27-7-3-2-6-24(27)19-32-16-4-5-22(18-32)17-21-8-12-25(29)13-9-21/h8-15,22,24,27H,2-7,16-19H2,1H3,(H2,30,31,34)/t22-,24-,27+/m0/s1. The van der Waals surface area contributed by atoms with E-state index in [2.05, 4.69) is 15.5 Å². The minimum Gasteiger partial charge on any atom is -0.335 e. The van der Waals surface area contributed by atoms with Gasteiger partial charge in [-0.2, -0.15) is 0 Å². The second kappa shape index (κ2) is 11.6. The molecule has 3 atom stereocenters. The van der Waals surface area contributed by atoms with Crippen molar-refractivity contribution in [1.82, 2.24) is 10.2 Å². The van der Waals surface area contributed by atoms with E-state index in [0.717, 1.165) is 45.3 Å². The summed E-state index contributed by atoms with van der Waals surface area (Å²) in [6, 6.07) is 13.9. The van der Waals surface area contributed by atoms with Crippen LogP contribution >= 0.6 is 0 Å². The highest BCUT2D eigenvalue weighted by Gasteiger charge is 2.30. The van der Waals surface area contributed by atoms with Crippen molar-refractivity contribution in [2.24, 2.45) is 11.8 Å². The third-order valence-corrected chi connectivity index (χ3v) is 7.31. The van der Waals surface area contributed by atoms with Crippen LogP contribution in [0.1, 0.15) is 61.4 Å². The number of carbonyl (C=O) groups is 2. The average Bonchev–Trinajstić information content (AvgIpc) is 2.82. The highest BCUT2D eigenvalue weighted by Crippen LogP contribution is 2.28. The van der Waals surface area contributed by atoms with Crippen LogP contribution in [-0.2, 0) is 6.42 Å². The van der Waals surface area contributed by atoms with Crippen molar-refractivity contribution in [3.8, 4) is 0 Å². The number of urea groups is 1. The molecule has 6 heteroatoms. The molecule has 0 radical (unpaired) electrons. The predicted molar refractivity (Wildman–Crippen MR) is 134 cm³/mol. The molecule has 182 valence electrons. The summed E-state index contributed by atoms with van der Waals surface area (Å²) < 4.78 is 13.2. The fourth-order valence-corrected chi connectivity index (χ4v) is 5.51. The van der Waals surface area contributed by atoms with Crippen molar-refractivity contribution in [3.05, 3.63) is 65.5 Å². The number of halogens is 1. The molecule has 34 heavy (non-hydrogen) atoms. The van der Waals surface area contributed by atoms with Gasteiger partial charge in [-0.15, -0.1) is 0 Å². The Labute approximate surface area is 202 Å². The van der Waals surface area contributed by atoms with Gasteiger partial charge < -0.3 is 15.5 Å². The van der Waals surface area contributed by atoms with Crippen LogP contribution in [0.3, 0.4) is 0 Å². The summed E-state index contributed by atoms with van der Waals surface area (Å²) in [6.45, 7) is 4.72. The van der Waals surface area contributed by atoms with Crippen LogP contribution < -0.4 is 10.6 Å². The molecule has 0 aromatic heterocycles. The van der Waals surface area contributed by atoms with Gasteiger partial charge in [0.2, 0.25) is 0 Å². The fraction of sp³-hybridized carbons (Fsp3) is 0.500. The maximum atomic E-state index is 13.2. The molecule has 2 fully saturated rings. The number of hydrogen-bond donors (Lipinski definition) is 2. The Morgan fingerprint density at radius 2 is 1.71 bits per heavy atom. The number of rotatable bonds is 7. The average molecular weight is 466 g/mol. The zero-order chi connectivity index (χ0) is 23.9. The van der Waals surface area contributed by atoms with E-state index < -0.39 is 0 Å². The van der Waals surface area contributed by atoms with Gasteiger partial charge in [0.25, 0.3) is 0 Å². The van der Waals surface area contributed by atoms with E-state index in [1.54, 1.807) is 36.4 Å². The van der Waals surface area contributed by atoms with Gasteiger partial charge in [0.05, 0.1) is 0 Å². The summed E-state index contributed by atoms with van der Waals surface area (Å²) in [7, 11) is 0. The van der Waals surface area contributed by atoms with Crippen LogP contribution in [-0.4, -0.2) is 42.4 Å². The molecule has 0 unspecified atom stereocenters. The summed E-state index contributed by atoms with van der Waals surface area (Å²) >= 11 is 0. The molecule has 5 nitrogen and oxygen atoms in total. The van der Waals surface area contributed by atoms with E-state index in [1.807, 2.05) is 12.1 Å². The first kappa shape index (κ1) is 24.4. The summed E-state index contributed by atoms with van der Waals surface area (Å²) in [4.78, 5) is 26.7. The SMILES string of the molecule is CC(=O)c1ccc(NC(=O)N[C@@H]2CCCC[C@H]2CN2CCC[C@@H](Cc3ccc(F)cc3)C2)cc1.